The first kappa shape index (κ1) is 11.6. The Balaban J connectivity index is 2.54. The molecule has 1 fully saturated rings. The van der Waals surface area contributed by atoms with Gasteiger partial charge in [0, 0.05) is 28.6 Å². The van der Waals surface area contributed by atoms with Crippen molar-refractivity contribution in [2.75, 3.05) is 6.54 Å². The van der Waals surface area contributed by atoms with Crippen LogP contribution in [0.2, 0.25) is 0 Å². The van der Waals surface area contributed by atoms with Gasteiger partial charge in [-0.15, -0.1) is 0 Å². The molecule has 3 nitrogen and oxygen atoms in total. The maximum atomic E-state index is 11.0. The fraction of sp³-hybridized carbons (Fsp3) is 0.700. The van der Waals surface area contributed by atoms with Crippen LogP contribution in [0.5, 0.6) is 0 Å². The molecule has 0 bridgehead atoms. The van der Waals surface area contributed by atoms with Gasteiger partial charge in [0.05, 0.1) is 6.54 Å². The number of hydrogen-bond donors (Lipinski definition) is 1. The summed E-state index contributed by atoms with van der Waals surface area (Å²) in [4.78, 5) is 12.4. The predicted molar refractivity (Wildman–Crippen MR) is 63.4 cm³/mol. The van der Waals surface area contributed by atoms with Gasteiger partial charge in [-0.25, -0.2) is 4.79 Å². The number of amides is 1. The normalized spacial score (nSPS) is 16.9. The van der Waals surface area contributed by atoms with Crippen LogP contribution in [0.4, 0.5) is 4.79 Å². The van der Waals surface area contributed by atoms with Crippen molar-refractivity contribution in [3.8, 4) is 9.85 Å². The molecule has 0 radical (unpaired) electrons. The molecule has 1 saturated carbocycles. The zero-order chi connectivity index (χ0) is 10.4. The number of carboxylic acid groups (broad SMARTS) is 1. The molecular weight excluding hydrogens is 293 g/mol. The maximum Gasteiger partial charge on any atom is 0.408 e. The monoisotopic (exact) mass is 307 g/mol. The molecule has 1 aliphatic carbocycles. The highest BCUT2D eigenvalue weighted by Gasteiger charge is 2.23. The van der Waals surface area contributed by atoms with Crippen LogP contribution < -0.4 is 0 Å². The highest BCUT2D eigenvalue weighted by molar-refractivity contribution is 14.1. The van der Waals surface area contributed by atoms with Crippen LogP contribution in [0.25, 0.3) is 0 Å². The van der Waals surface area contributed by atoms with Crippen molar-refractivity contribution in [1.82, 2.24) is 4.90 Å². The van der Waals surface area contributed by atoms with E-state index in [0.717, 1.165) is 25.7 Å². The van der Waals surface area contributed by atoms with Gasteiger partial charge in [-0.05, 0) is 16.8 Å². The zero-order valence-corrected chi connectivity index (χ0v) is 10.2. The molecule has 1 aliphatic rings. The van der Waals surface area contributed by atoms with Gasteiger partial charge in [-0.1, -0.05) is 25.2 Å². The summed E-state index contributed by atoms with van der Waals surface area (Å²) in [5, 5.41) is 9.01. The highest BCUT2D eigenvalue weighted by atomic mass is 127. The second-order valence-corrected chi connectivity index (χ2v) is 4.01. The van der Waals surface area contributed by atoms with Crippen LogP contribution in [0.3, 0.4) is 0 Å². The summed E-state index contributed by atoms with van der Waals surface area (Å²) in [7, 11) is 0. The van der Waals surface area contributed by atoms with Crippen molar-refractivity contribution in [1.29, 1.82) is 0 Å². The van der Waals surface area contributed by atoms with E-state index in [1.54, 1.807) is 0 Å². The van der Waals surface area contributed by atoms with Gasteiger partial charge in [-0.2, -0.15) is 0 Å². The number of hydrogen-bond acceptors (Lipinski definition) is 1. The van der Waals surface area contributed by atoms with E-state index in [1.807, 2.05) is 22.6 Å². The Morgan fingerprint density at radius 3 is 2.57 bits per heavy atom. The lowest BCUT2D eigenvalue weighted by Crippen LogP contribution is -2.40. The van der Waals surface area contributed by atoms with E-state index in [1.165, 1.54) is 11.3 Å². The third-order valence-corrected chi connectivity index (χ3v) is 2.96. The van der Waals surface area contributed by atoms with E-state index in [2.05, 4.69) is 9.85 Å². The molecule has 0 aromatic rings. The van der Waals surface area contributed by atoms with Crippen molar-refractivity contribution in [3.63, 3.8) is 0 Å². The molecule has 0 unspecified atom stereocenters. The van der Waals surface area contributed by atoms with Crippen molar-refractivity contribution in [3.05, 3.63) is 0 Å². The van der Waals surface area contributed by atoms with E-state index < -0.39 is 6.09 Å². The molecule has 0 aromatic heterocycles. The average Bonchev–Trinajstić information content (AvgIpc) is 2.19. The molecule has 14 heavy (non-hydrogen) atoms. The van der Waals surface area contributed by atoms with Crippen LogP contribution in [-0.2, 0) is 0 Å². The molecule has 4 heteroatoms. The summed E-state index contributed by atoms with van der Waals surface area (Å²) in [6.45, 7) is 0.350. The second kappa shape index (κ2) is 6.12. The predicted octanol–water partition coefficient (Wildman–Crippen LogP) is 2.70. The molecule has 0 atom stereocenters. The number of carbonyl (C=O) groups is 1. The minimum atomic E-state index is -0.837. The van der Waals surface area contributed by atoms with E-state index in [-0.39, 0.29) is 6.04 Å². The Labute approximate surface area is 98.0 Å². The average molecular weight is 307 g/mol. The first-order chi connectivity index (χ1) is 6.75. The molecule has 1 amide bonds. The Hall–Kier alpha value is -0.440. The Morgan fingerprint density at radius 2 is 2.07 bits per heavy atom. The Bertz CT molecular complexity index is 251. The van der Waals surface area contributed by atoms with Gasteiger partial charge in [0.2, 0.25) is 0 Å². The summed E-state index contributed by atoms with van der Waals surface area (Å²) in [5.74, 6) is 2.81. The topological polar surface area (TPSA) is 40.5 Å². The summed E-state index contributed by atoms with van der Waals surface area (Å²) >= 11 is 1.93. The van der Waals surface area contributed by atoms with Crippen LogP contribution in [-0.4, -0.2) is 28.7 Å². The molecule has 78 valence electrons. The molecule has 0 saturated heterocycles. The zero-order valence-electron chi connectivity index (χ0n) is 8.00. The third kappa shape index (κ3) is 3.37. The van der Waals surface area contributed by atoms with Crippen molar-refractivity contribution < 1.29 is 9.90 Å². The number of nitrogens with zero attached hydrogens (tertiary/aromatic N) is 1. The molecule has 0 aromatic carbocycles. The van der Waals surface area contributed by atoms with Crippen molar-refractivity contribution in [2.45, 2.75) is 38.1 Å². The highest BCUT2D eigenvalue weighted by Crippen LogP contribution is 2.22. The summed E-state index contributed by atoms with van der Waals surface area (Å²) in [6, 6.07) is 0.193. The van der Waals surface area contributed by atoms with Gasteiger partial charge in [0.15, 0.2) is 0 Å². The maximum absolute atomic E-state index is 11.0. The Morgan fingerprint density at radius 1 is 1.43 bits per heavy atom. The second-order valence-electron chi connectivity index (χ2n) is 3.47. The van der Waals surface area contributed by atoms with Crippen LogP contribution in [0.15, 0.2) is 0 Å². The fourth-order valence-corrected chi connectivity index (χ4v) is 2.03. The summed E-state index contributed by atoms with van der Waals surface area (Å²) in [6.07, 6.45) is 4.68. The molecule has 0 aliphatic heterocycles. The quantitative estimate of drug-likeness (QED) is 0.629. The van der Waals surface area contributed by atoms with Gasteiger partial charge in [-0.3, -0.25) is 4.90 Å². The molecule has 0 spiro atoms. The molecule has 0 heterocycles. The number of halogens is 1. The molecular formula is C10H14INO2. The van der Waals surface area contributed by atoms with E-state index in [0.29, 0.717) is 6.54 Å². The van der Waals surface area contributed by atoms with Gasteiger partial charge in [0.1, 0.15) is 0 Å². The van der Waals surface area contributed by atoms with Crippen LogP contribution in [0, 0.1) is 9.85 Å². The summed E-state index contributed by atoms with van der Waals surface area (Å²) in [5.41, 5.74) is 0. The van der Waals surface area contributed by atoms with Crippen molar-refractivity contribution >= 4 is 28.7 Å². The number of rotatable bonds is 2. The Kier molecular flexibility index (Phi) is 5.09. The van der Waals surface area contributed by atoms with Gasteiger partial charge < -0.3 is 5.11 Å². The van der Waals surface area contributed by atoms with E-state index in [4.69, 9.17) is 5.11 Å². The lowest BCUT2D eigenvalue weighted by Gasteiger charge is -2.30. The first-order valence-electron chi connectivity index (χ1n) is 4.83. The lowest BCUT2D eigenvalue weighted by atomic mass is 9.94. The molecule has 1 rings (SSSR count). The summed E-state index contributed by atoms with van der Waals surface area (Å²) < 4.78 is 2.71. The van der Waals surface area contributed by atoms with Gasteiger partial charge >= 0.3 is 6.09 Å². The minimum absolute atomic E-state index is 0.193. The SMILES string of the molecule is O=C(O)N(CC#CI)C1CCCCC1. The largest absolute Gasteiger partial charge is 0.465 e. The van der Waals surface area contributed by atoms with Crippen LogP contribution in [0.1, 0.15) is 32.1 Å². The smallest absolute Gasteiger partial charge is 0.408 e. The minimum Gasteiger partial charge on any atom is -0.465 e. The van der Waals surface area contributed by atoms with Crippen molar-refractivity contribution in [2.24, 2.45) is 0 Å². The fourth-order valence-electron chi connectivity index (χ4n) is 1.86. The molecule has 1 N–H and O–H groups in total. The van der Waals surface area contributed by atoms with Gasteiger partial charge in [0.25, 0.3) is 0 Å². The van der Waals surface area contributed by atoms with E-state index >= 15 is 0 Å². The third-order valence-electron chi connectivity index (χ3n) is 2.58. The lowest BCUT2D eigenvalue weighted by molar-refractivity contribution is 0.119. The standard InChI is InChI=1S/C10H14INO2/c11-7-4-8-12(10(13)14)9-5-2-1-3-6-9/h9H,1-3,5-6,8H2,(H,13,14). The van der Waals surface area contributed by atoms with Crippen LogP contribution >= 0.6 is 22.6 Å². The first-order valence-corrected chi connectivity index (χ1v) is 5.91. The van der Waals surface area contributed by atoms with E-state index in [9.17, 15) is 4.79 Å².